The number of ketones is 1. The van der Waals surface area contributed by atoms with Crippen molar-refractivity contribution in [2.45, 2.75) is 126 Å². The molecule has 0 aromatic rings. The van der Waals surface area contributed by atoms with Crippen LogP contribution in [0.25, 0.3) is 0 Å². The van der Waals surface area contributed by atoms with Gasteiger partial charge in [-0.2, -0.15) is 0 Å². The maximum Gasteiger partial charge on any atom is 0.333 e. The molecule has 5 aliphatic rings. The standard InChI is InChI=1S/C35H52O5/c1-10-21(2)28(37)40-27-20-30(3,4)19-23-22-11-12-25-32(7)15-14-26(36)31(5,6)24(32)13-16-34(25,9)33(22,8)17-18-35(23,27)29(38)39/h10-11,23-25,27H,12-20H2,1-9H3,(H,38,39)/b21-10-/t23-,24+,25+,27+,32-,33+,34+,35-/m0/s1. The molecule has 5 nitrogen and oxygen atoms in total. The average molecular weight is 553 g/mol. The highest BCUT2D eigenvalue weighted by atomic mass is 16.5. The highest BCUT2D eigenvalue weighted by Crippen LogP contribution is 2.75. The molecule has 0 aromatic heterocycles. The van der Waals surface area contributed by atoms with Crippen LogP contribution in [0.4, 0.5) is 0 Å². The van der Waals surface area contributed by atoms with Crippen LogP contribution >= 0.6 is 0 Å². The predicted molar refractivity (Wildman–Crippen MR) is 156 cm³/mol. The maximum absolute atomic E-state index is 13.4. The van der Waals surface area contributed by atoms with Crippen molar-refractivity contribution >= 4 is 17.7 Å². The molecular formula is C35H52O5. The Kier molecular flexibility index (Phi) is 6.69. The van der Waals surface area contributed by atoms with E-state index in [0.717, 1.165) is 38.5 Å². The van der Waals surface area contributed by atoms with Crippen molar-refractivity contribution < 1.29 is 24.2 Å². The summed E-state index contributed by atoms with van der Waals surface area (Å²) in [6.45, 7) is 19.7. The topological polar surface area (TPSA) is 80.7 Å². The van der Waals surface area contributed by atoms with Gasteiger partial charge in [-0.3, -0.25) is 9.59 Å². The number of carboxylic acids is 1. The minimum absolute atomic E-state index is 0.0266. The van der Waals surface area contributed by atoms with Gasteiger partial charge in [-0.05, 0) is 98.7 Å². The first kappa shape index (κ1) is 29.6. The van der Waals surface area contributed by atoms with E-state index < -0.39 is 23.5 Å². The third kappa shape index (κ3) is 3.73. The SMILES string of the molecule is C/C=C(/C)C(=O)O[C@@H]1CC(C)(C)C[C@H]2C3=CC[C@@H]4[C@@]5(C)CCC(=O)C(C)(C)[C@H]5CC[C@@]4(C)[C@]3(C)CC[C@@]12C(=O)O. The minimum Gasteiger partial charge on any atom is -0.481 e. The number of aliphatic carboxylic acids is 1. The van der Waals surface area contributed by atoms with Gasteiger partial charge in [0.25, 0.3) is 0 Å². The van der Waals surface area contributed by atoms with Crippen LogP contribution in [0.5, 0.6) is 0 Å². The highest BCUT2D eigenvalue weighted by Gasteiger charge is 2.71. The molecule has 1 N–H and O–H groups in total. The van der Waals surface area contributed by atoms with Crippen molar-refractivity contribution in [1.82, 2.24) is 0 Å². The smallest absolute Gasteiger partial charge is 0.333 e. The fraction of sp³-hybridized carbons (Fsp3) is 0.800. The monoisotopic (exact) mass is 552 g/mol. The molecule has 0 heterocycles. The summed E-state index contributed by atoms with van der Waals surface area (Å²) in [5, 5.41) is 11.0. The number of carboxylic acid groups (broad SMARTS) is 1. The average Bonchev–Trinajstić information content (AvgIpc) is 2.85. The molecule has 0 bridgehead atoms. The molecule has 4 saturated carbocycles. The van der Waals surface area contributed by atoms with E-state index in [0.29, 0.717) is 42.5 Å². The molecule has 0 saturated heterocycles. The molecule has 4 fully saturated rings. The molecule has 0 spiro atoms. The molecule has 0 unspecified atom stereocenters. The Balaban J connectivity index is 1.60. The zero-order valence-corrected chi connectivity index (χ0v) is 26.4. The van der Waals surface area contributed by atoms with Crippen LogP contribution in [0.1, 0.15) is 120 Å². The largest absolute Gasteiger partial charge is 0.481 e. The second-order valence-electron chi connectivity index (χ2n) is 16.3. The van der Waals surface area contributed by atoms with Gasteiger partial charge >= 0.3 is 11.9 Å². The highest BCUT2D eigenvalue weighted by molar-refractivity contribution is 5.88. The third-order valence-electron chi connectivity index (χ3n) is 13.8. The fourth-order valence-corrected chi connectivity index (χ4v) is 11.1. The first-order chi connectivity index (χ1) is 18.4. The number of carbonyl (C=O) groups is 3. The Morgan fingerprint density at radius 3 is 2.27 bits per heavy atom. The van der Waals surface area contributed by atoms with Crippen molar-refractivity contribution in [2.24, 2.45) is 50.2 Å². The summed E-state index contributed by atoms with van der Waals surface area (Å²) >= 11 is 0. The van der Waals surface area contributed by atoms with Crippen molar-refractivity contribution in [3.63, 3.8) is 0 Å². The summed E-state index contributed by atoms with van der Waals surface area (Å²) < 4.78 is 6.13. The number of fused-ring (bicyclic) bond motifs is 7. The molecule has 8 atom stereocenters. The van der Waals surface area contributed by atoms with Gasteiger partial charge in [0, 0.05) is 23.3 Å². The second-order valence-corrected chi connectivity index (χ2v) is 16.3. The molecule has 0 amide bonds. The number of ether oxygens (including phenoxy) is 1. The van der Waals surface area contributed by atoms with E-state index in [1.54, 1.807) is 13.0 Å². The zero-order chi connectivity index (χ0) is 29.7. The Hall–Kier alpha value is -1.91. The lowest BCUT2D eigenvalue weighted by atomic mass is 9.33. The Morgan fingerprint density at radius 2 is 1.65 bits per heavy atom. The van der Waals surface area contributed by atoms with E-state index >= 15 is 0 Å². The molecule has 40 heavy (non-hydrogen) atoms. The number of hydrogen-bond donors (Lipinski definition) is 1. The van der Waals surface area contributed by atoms with Gasteiger partial charge in [0.2, 0.25) is 0 Å². The number of carbonyl (C=O) groups excluding carboxylic acids is 2. The van der Waals surface area contributed by atoms with Crippen molar-refractivity contribution in [3.05, 3.63) is 23.3 Å². The van der Waals surface area contributed by atoms with E-state index in [1.165, 1.54) is 5.57 Å². The Morgan fingerprint density at radius 1 is 0.975 bits per heavy atom. The van der Waals surface area contributed by atoms with E-state index in [9.17, 15) is 19.5 Å². The number of allylic oxidation sites excluding steroid dienone is 3. The number of Topliss-reactive ketones (excluding diaryl/α,β-unsaturated/α-hetero) is 1. The van der Waals surface area contributed by atoms with Crippen molar-refractivity contribution in [3.8, 4) is 0 Å². The number of rotatable bonds is 3. The van der Waals surface area contributed by atoms with Crippen LogP contribution in [0.3, 0.4) is 0 Å². The van der Waals surface area contributed by atoms with Gasteiger partial charge in [0.1, 0.15) is 17.3 Å². The maximum atomic E-state index is 13.4. The van der Waals surface area contributed by atoms with Gasteiger partial charge in [0.15, 0.2) is 0 Å². The minimum atomic E-state index is -1.10. The van der Waals surface area contributed by atoms with Gasteiger partial charge in [-0.1, -0.05) is 66.2 Å². The molecule has 5 heteroatoms. The Labute approximate surface area is 241 Å². The van der Waals surface area contributed by atoms with Crippen molar-refractivity contribution in [2.75, 3.05) is 0 Å². The number of hydrogen-bond acceptors (Lipinski definition) is 4. The van der Waals surface area contributed by atoms with E-state index in [-0.39, 0.29) is 33.0 Å². The molecular weight excluding hydrogens is 500 g/mol. The van der Waals surface area contributed by atoms with Crippen LogP contribution in [0.15, 0.2) is 23.3 Å². The van der Waals surface area contributed by atoms with Gasteiger partial charge in [-0.25, -0.2) is 4.79 Å². The van der Waals surface area contributed by atoms with E-state index in [4.69, 9.17) is 4.74 Å². The normalized spacial score (nSPS) is 45.7. The predicted octanol–water partition coefficient (Wildman–Crippen LogP) is 7.93. The molecule has 0 radical (unpaired) electrons. The summed E-state index contributed by atoms with van der Waals surface area (Å²) in [5.74, 6) is -0.125. The quantitative estimate of drug-likeness (QED) is 0.218. The summed E-state index contributed by atoms with van der Waals surface area (Å²) in [4.78, 5) is 39.4. The van der Waals surface area contributed by atoms with Crippen LogP contribution in [0, 0.1) is 50.2 Å². The zero-order valence-electron chi connectivity index (χ0n) is 26.4. The lowest BCUT2D eigenvalue weighted by molar-refractivity contribution is -0.206. The van der Waals surface area contributed by atoms with Gasteiger partial charge < -0.3 is 9.84 Å². The molecule has 222 valence electrons. The molecule has 5 rings (SSSR count). The summed E-state index contributed by atoms with van der Waals surface area (Å²) in [5.41, 5.74) is 0.279. The first-order valence-corrected chi connectivity index (χ1v) is 15.7. The molecule has 0 aromatic carbocycles. The second kappa shape index (κ2) is 9.04. The molecule has 0 aliphatic heterocycles. The lowest BCUT2D eigenvalue weighted by Crippen LogP contribution is -2.66. The Bertz CT molecular complexity index is 1190. The number of esters is 1. The van der Waals surface area contributed by atoms with E-state index in [1.807, 2.05) is 6.92 Å². The van der Waals surface area contributed by atoms with Crippen molar-refractivity contribution in [1.29, 1.82) is 0 Å². The summed E-state index contributed by atoms with van der Waals surface area (Å²) in [7, 11) is 0. The molecule has 5 aliphatic carbocycles. The third-order valence-corrected chi connectivity index (χ3v) is 13.8. The van der Waals surface area contributed by atoms with E-state index in [2.05, 4.69) is 54.5 Å². The van der Waals surface area contributed by atoms with Crippen LogP contribution in [0.2, 0.25) is 0 Å². The lowest BCUT2D eigenvalue weighted by Gasteiger charge is -2.70. The summed E-state index contributed by atoms with van der Waals surface area (Å²) in [6, 6.07) is 0. The summed E-state index contributed by atoms with van der Waals surface area (Å²) in [6.07, 6.45) is 10.9. The van der Waals surface area contributed by atoms with Crippen LogP contribution in [-0.2, 0) is 19.1 Å². The first-order valence-electron chi connectivity index (χ1n) is 15.7. The van der Waals surface area contributed by atoms with Gasteiger partial charge in [0.05, 0.1) is 0 Å². The fourth-order valence-electron chi connectivity index (χ4n) is 11.1. The van der Waals surface area contributed by atoms with Crippen LogP contribution in [-0.4, -0.2) is 28.9 Å². The van der Waals surface area contributed by atoms with Gasteiger partial charge in [-0.15, -0.1) is 0 Å². The van der Waals surface area contributed by atoms with Crippen LogP contribution < -0.4 is 0 Å².